The van der Waals surface area contributed by atoms with Gasteiger partial charge in [-0.1, -0.05) is 0 Å². The molecule has 3 rings (SSSR count). The van der Waals surface area contributed by atoms with Gasteiger partial charge in [-0.05, 0) is 41.1 Å². The van der Waals surface area contributed by atoms with Crippen LogP contribution in [0.15, 0.2) is 22.9 Å². The molecule has 0 saturated carbocycles. The van der Waals surface area contributed by atoms with Gasteiger partial charge in [-0.25, -0.2) is 9.97 Å². The Labute approximate surface area is 121 Å². The van der Waals surface area contributed by atoms with Crippen molar-refractivity contribution in [3.05, 3.63) is 37.6 Å². The molecule has 3 aromatic heterocycles. The molecule has 0 bridgehead atoms. The summed E-state index contributed by atoms with van der Waals surface area (Å²) >= 11 is 10.4. The highest BCUT2D eigenvalue weighted by Gasteiger charge is 2.08. The molecule has 0 aromatic carbocycles. The van der Waals surface area contributed by atoms with Crippen LogP contribution in [0.5, 0.6) is 0 Å². The van der Waals surface area contributed by atoms with Crippen molar-refractivity contribution < 1.29 is 0 Å². The van der Waals surface area contributed by atoms with Gasteiger partial charge in [0.05, 0.1) is 17.1 Å². The molecule has 92 valence electrons. The highest BCUT2D eigenvalue weighted by atomic mass is 79.9. The van der Waals surface area contributed by atoms with E-state index in [1.165, 1.54) is 4.88 Å². The average Bonchev–Trinajstić information content (AvgIpc) is 2.84. The number of fused-ring (bicyclic) bond motifs is 1. The number of aromatic amines is 1. The van der Waals surface area contributed by atoms with Gasteiger partial charge in [0.25, 0.3) is 0 Å². The van der Waals surface area contributed by atoms with Crippen molar-refractivity contribution in [3.63, 3.8) is 0 Å². The lowest BCUT2D eigenvalue weighted by molar-refractivity contribution is 0.811. The summed E-state index contributed by atoms with van der Waals surface area (Å²) in [5.41, 5.74) is 1.81. The Bertz CT molecular complexity index is 771. The Balaban J connectivity index is 2.11. The number of pyridine rings is 1. The molecule has 7 heteroatoms. The number of H-pyrrole nitrogens is 1. The molecule has 3 heterocycles. The maximum atomic E-state index is 5.34. The summed E-state index contributed by atoms with van der Waals surface area (Å²) in [5, 5.41) is 1.06. The molecule has 0 radical (unpaired) electrons. The maximum Gasteiger partial charge on any atom is 0.179 e. The molecule has 0 atom stereocenters. The SMILES string of the molecule is Cc1ncc(Cn2c(=S)[nH]c3cc(Br)cnc32)s1. The summed E-state index contributed by atoms with van der Waals surface area (Å²) in [6, 6.07) is 1.98. The van der Waals surface area contributed by atoms with Gasteiger partial charge in [0.15, 0.2) is 10.4 Å². The summed E-state index contributed by atoms with van der Waals surface area (Å²) in [6.45, 7) is 2.71. The Kier molecular flexibility index (Phi) is 3.04. The Hall–Kier alpha value is -1.05. The van der Waals surface area contributed by atoms with E-state index in [0.29, 0.717) is 11.3 Å². The van der Waals surface area contributed by atoms with Crippen LogP contribution in [-0.2, 0) is 6.54 Å². The van der Waals surface area contributed by atoms with E-state index in [-0.39, 0.29) is 0 Å². The maximum absolute atomic E-state index is 5.34. The van der Waals surface area contributed by atoms with Crippen LogP contribution in [0.1, 0.15) is 9.88 Å². The van der Waals surface area contributed by atoms with Crippen LogP contribution in [0.4, 0.5) is 0 Å². The van der Waals surface area contributed by atoms with Crippen molar-refractivity contribution in [1.29, 1.82) is 0 Å². The van der Waals surface area contributed by atoms with Gasteiger partial charge in [-0.3, -0.25) is 4.57 Å². The highest BCUT2D eigenvalue weighted by Crippen LogP contribution is 2.20. The second-order valence-corrected chi connectivity index (χ2v) is 6.51. The quantitative estimate of drug-likeness (QED) is 0.724. The van der Waals surface area contributed by atoms with Crippen LogP contribution in [0.3, 0.4) is 0 Å². The van der Waals surface area contributed by atoms with Gasteiger partial charge in [0.1, 0.15) is 0 Å². The van der Waals surface area contributed by atoms with Gasteiger partial charge in [-0.15, -0.1) is 11.3 Å². The van der Waals surface area contributed by atoms with Gasteiger partial charge in [-0.2, -0.15) is 0 Å². The third-order valence-electron chi connectivity index (χ3n) is 2.56. The molecule has 4 nitrogen and oxygen atoms in total. The van der Waals surface area contributed by atoms with Crippen molar-refractivity contribution in [2.24, 2.45) is 0 Å². The number of thiazole rings is 1. The van der Waals surface area contributed by atoms with E-state index in [4.69, 9.17) is 12.2 Å². The smallest absolute Gasteiger partial charge is 0.179 e. The summed E-state index contributed by atoms with van der Waals surface area (Å²) in [5.74, 6) is 0. The van der Waals surface area contributed by atoms with Crippen molar-refractivity contribution in [2.75, 3.05) is 0 Å². The van der Waals surface area contributed by atoms with Crippen molar-refractivity contribution in [1.82, 2.24) is 19.5 Å². The lowest BCUT2D eigenvalue weighted by Gasteiger charge is -2.00. The third kappa shape index (κ3) is 2.13. The number of rotatable bonds is 2. The second-order valence-electron chi connectivity index (χ2n) is 3.89. The molecule has 0 aliphatic rings. The van der Waals surface area contributed by atoms with Gasteiger partial charge in [0, 0.05) is 21.7 Å². The van der Waals surface area contributed by atoms with E-state index >= 15 is 0 Å². The zero-order valence-electron chi connectivity index (χ0n) is 9.48. The molecule has 0 aliphatic carbocycles. The standard InChI is InChI=1S/C11H9BrN4S2/c1-6-13-4-8(18-6)5-16-10-9(15-11(16)17)2-7(12)3-14-10/h2-4H,5H2,1H3,(H,15,17). The Morgan fingerprint density at radius 1 is 1.44 bits per heavy atom. The highest BCUT2D eigenvalue weighted by molar-refractivity contribution is 9.10. The first-order valence-corrected chi connectivity index (χ1v) is 7.30. The van der Waals surface area contributed by atoms with E-state index in [9.17, 15) is 0 Å². The van der Waals surface area contributed by atoms with Crippen LogP contribution in [-0.4, -0.2) is 19.5 Å². The van der Waals surface area contributed by atoms with E-state index in [0.717, 1.165) is 20.6 Å². The summed E-state index contributed by atoms with van der Waals surface area (Å²) < 4.78 is 3.61. The van der Waals surface area contributed by atoms with Crippen LogP contribution in [0, 0.1) is 11.7 Å². The molecule has 3 aromatic rings. The molecular weight excluding hydrogens is 332 g/mol. The minimum absolute atomic E-state index is 0.682. The monoisotopic (exact) mass is 340 g/mol. The number of hydrogen-bond donors (Lipinski definition) is 1. The van der Waals surface area contributed by atoms with Crippen molar-refractivity contribution in [2.45, 2.75) is 13.5 Å². The Morgan fingerprint density at radius 3 is 3.00 bits per heavy atom. The number of aryl methyl sites for hydroxylation is 1. The fourth-order valence-corrected chi connectivity index (χ4v) is 3.18. The minimum atomic E-state index is 0.682. The molecular formula is C11H9BrN4S2. The predicted octanol–water partition coefficient (Wildman–Crippen LogP) is 3.67. The fraction of sp³-hybridized carbons (Fsp3) is 0.182. The number of halogens is 1. The molecule has 0 amide bonds. The Morgan fingerprint density at radius 2 is 2.28 bits per heavy atom. The molecule has 0 spiro atoms. The largest absolute Gasteiger partial charge is 0.329 e. The topological polar surface area (TPSA) is 46.5 Å². The minimum Gasteiger partial charge on any atom is -0.329 e. The zero-order valence-corrected chi connectivity index (χ0v) is 12.7. The lowest BCUT2D eigenvalue weighted by Crippen LogP contribution is -1.98. The van der Waals surface area contributed by atoms with Gasteiger partial charge < -0.3 is 4.98 Å². The molecule has 0 fully saturated rings. The number of nitrogens with zero attached hydrogens (tertiary/aromatic N) is 3. The van der Waals surface area contributed by atoms with Crippen LogP contribution in [0.2, 0.25) is 0 Å². The first-order chi connectivity index (χ1) is 8.63. The third-order valence-corrected chi connectivity index (χ3v) is 4.21. The molecule has 0 aliphatic heterocycles. The van der Waals surface area contributed by atoms with Crippen molar-refractivity contribution in [3.8, 4) is 0 Å². The van der Waals surface area contributed by atoms with E-state index in [1.807, 2.05) is 23.8 Å². The van der Waals surface area contributed by atoms with E-state index < -0.39 is 0 Å². The first-order valence-electron chi connectivity index (χ1n) is 5.29. The molecule has 1 N–H and O–H groups in total. The molecule has 0 saturated heterocycles. The fourth-order valence-electron chi connectivity index (χ4n) is 1.80. The van der Waals surface area contributed by atoms with Crippen LogP contribution < -0.4 is 0 Å². The van der Waals surface area contributed by atoms with Gasteiger partial charge >= 0.3 is 0 Å². The van der Waals surface area contributed by atoms with Crippen LogP contribution in [0.25, 0.3) is 11.2 Å². The first kappa shape index (κ1) is 12.0. The average molecular weight is 341 g/mol. The normalized spacial score (nSPS) is 11.2. The van der Waals surface area contributed by atoms with Crippen molar-refractivity contribution >= 4 is 50.6 Å². The van der Waals surface area contributed by atoms with Crippen LogP contribution >= 0.6 is 39.5 Å². The zero-order chi connectivity index (χ0) is 12.7. The number of nitrogens with one attached hydrogen (secondary N) is 1. The van der Waals surface area contributed by atoms with E-state index in [1.54, 1.807) is 17.5 Å². The summed E-state index contributed by atoms with van der Waals surface area (Å²) in [6.07, 6.45) is 3.67. The number of aromatic nitrogens is 4. The number of hydrogen-bond acceptors (Lipinski definition) is 4. The second kappa shape index (κ2) is 4.56. The van der Waals surface area contributed by atoms with Gasteiger partial charge in [0.2, 0.25) is 0 Å². The lowest BCUT2D eigenvalue weighted by atomic mass is 10.4. The summed E-state index contributed by atoms with van der Waals surface area (Å²) in [7, 11) is 0. The molecule has 18 heavy (non-hydrogen) atoms. The summed E-state index contributed by atoms with van der Waals surface area (Å²) in [4.78, 5) is 13.0. The molecule has 0 unspecified atom stereocenters. The number of imidazole rings is 1. The predicted molar refractivity (Wildman–Crippen MR) is 78.6 cm³/mol. The van der Waals surface area contributed by atoms with E-state index in [2.05, 4.69) is 30.9 Å².